The predicted octanol–water partition coefficient (Wildman–Crippen LogP) is 3.50. The van der Waals surface area contributed by atoms with Crippen LogP contribution in [0.2, 0.25) is 0 Å². The minimum atomic E-state index is 0.654. The molecule has 20 heavy (non-hydrogen) atoms. The van der Waals surface area contributed by atoms with E-state index in [2.05, 4.69) is 5.10 Å². The standard InChI is InChI=1S/C15H15N3OS/c1-10-13(14-12(19-2)8-9-20-14)17-18(15(10)16)11-6-4-3-5-7-11/h3-9H,16H2,1-2H3. The Labute approximate surface area is 121 Å². The Balaban J connectivity index is 2.16. The molecule has 0 saturated carbocycles. The van der Waals surface area contributed by atoms with E-state index in [1.165, 1.54) is 0 Å². The molecule has 5 heteroatoms. The number of aromatic nitrogens is 2. The van der Waals surface area contributed by atoms with Crippen LogP contribution in [0.5, 0.6) is 5.75 Å². The van der Waals surface area contributed by atoms with Gasteiger partial charge in [0.2, 0.25) is 0 Å². The van der Waals surface area contributed by atoms with Gasteiger partial charge in [-0.25, -0.2) is 4.68 Å². The zero-order chi connectivity index (χ0) is 14.1. The lowest BCUT2D eigenvalue weighted by molar-refractivity contribution is 0.418. The summed E-state index contributed by atoms with van der Waals surface area (Å²) >= 11 is 1.60. The molecule has 4 nitrogen and oxygen atoms in total. The highest BCUT2D eigenvalue weighted by atomic mass is 32.1. The zero-order valence-corrected chi connectivity index (χ0v) is 12.1. The molecule has 0 aliphatic carbocycles. The van der Waals surface area contributed by atoms with E-state index in [0.717, 1.165) is 27.6 Å². The number of anilines is 1. The lowest BCUT2D eigenvalue weighted by atomic mass is 10.2. The second-order valence-electron chi connectivity index (χ2n) is 4.42. The van der Waals surface area contributed by atoms with Crippen molar-refractivity contribution in [3.05, 3.63) is 47.3 Å². The lowest BCUT2D eigenvalue weighted by Gasteiger charge is -2.02. The monoisotopic (exact) mass is 285 g/mol. The molecule has 0 spiro atoms. The molecule has 2 heterocycles. The predicted molar refractivity (Wildman–Crippen MR) is 82.6 cm³/mol. The van der Waals surface area contributed by atoms with Crippen LogP contribution in [0.3, 0.4) is 0 Å². The van der Waals surface area contributed by atoms with Gasteiger partial charge in [0.25, 0.3) is 0 Å². The fraction of sp³-hybridized carbons (Fsp3) is 0.133. The zero-order valence-electron chi connectivity index (χ0n) is 11.3. The molecule has 0 aliphatic rings. The number of para-hydroxylation sites is 1. The van der Waals surface area contributed by atoms with E-state index in [-0.39, 0.29) is 0 Å². The Kier molecular flexibility index (Phi) is 3.20. The number of thiophene rings is 1. The van der Waals surface area contributed by atoms with Crippen molar-refractivity contribution in [2.45, 2.75) is 6.92 Å². The number of nitrogens with zero attached hydrogens (tertiary/aromatic N) is 2. The SMILES string of the molecule is COc1ccsc1-c1nn(-c2ccccc2)c(N)c1C. The molecule has 0 atom stereocenters. The summed E-state index contributed by atoms with van der Waals surface area (Å²) in [5, 5.41) is 6.64. The first-order valence-electron chi connectivity index (χ1n) is 6.24. The first-order chi connectivity index (χ1) is 9.72. The largest absolute Gasteiger partial charge is 0.495 e. The molecule has 0 fully saturated rings. The molecule has 3 aromatic rings. The van der Waals surface area contributed by atoms with Crippen LogP contribution in [-0.4, -0.2) is 16.9 Å². The van der Waals surface area contributed by atoms with Crippen LogP contribution in [0.1, 0.15) is 5.56 Å². The fourth-order valence-corrected chi connectivity index (χ4v) is 3.02. The molecule has 2 N–H and O–H groups in total. The Morgan fingerprint density at radius 3 is 2.65 bits per heavy atom. The summed E-state index contributed by atoms with van der Waals surface area (Å²) in [6.45, 7) is 1.98. The summed E-state index contributed by atoms with van der Waals surface area (Å²) in [7, 11) is 1.67. The second kappa shape index (κ2) is 5.02. The van der Waals surface area contributed by atoms with Crippen molar-refractivity contribution in [3.63, 3.8) is 0 Å². The van der Waals surface area contributed by atoms with E-state index in [1.807, 2.05) is 48.7 Å². The van der Waals surface area contributed by atoms with Gasteiger partial charge in [0, 0.05) is 5.56 Å². The van der Waals surface area contributed by atoms with Crippen LogP contribution in [0.4, 0.5) is 5.82 Å². The van der Waals surface area contributed by atoms with Gasteiger partial charge in [0.15, 0.2) is 0 Å². The van der Waals surface area contributed by atoms with E-state index < -0.39 is 0 Å². The molecule has 0 unspecified atom stereocenters. The maximum Gasteiger partial charge on any atom is 0.139 e. The summed E-state index contributed by atoms with van der Waals surface area (Å²) in [6, 6.07) is 11.8. The molecule has 0 amide bonds. The van der Waals surface area contributed by atoms with Crippen molar-refractivity contribution in [3.8, 4) is 22.0 Å². The second-order valence-corrected chi connectivity index (χ2v) is 5.34. The van der Waals surface area contributed by atoms with Crippen LogP contribution >= 0.6 is 11.3 Å². The summed E-state index contributed by atoms with van der Waals surface area (Å²) in [5.41, 5.74) is 8.99. The van der Waals surface area contributed by atoms with E-state index in [0.29, 0.717) is 5.82 Å². The highest BCUT2D eigenvalue weighted by Crippen LogP contribution is 2.38. The van der Waals surface area contributed by atoms with Gasteiger partial charge in [0.1, 0.15) is 17.3 Å². The van der Waals surface area contributed by atoms with Crippen LogP contribution < -0.4 is 10.5 Å². The Morgan fingerprint density at radius 1 is 1.20 bits per heavy atom. The average Bonchev–Trinajstić information content (AvgIpc) is 3.06. The van der Waals surface area contributed by atoms with Gasteiger partial charge in [-0.2, -0.15) is 5.10 Å². The minimum Gasteiger partial charge on any atom is -0.495 e. The molecule has 0 radical (unpaired) electrons. The normalized spacial score (nSPS) is 10.7. The molecule has 0 aliphatic heterocycles. The van der Waals surface area contributed by atoms with Gasteiger partial charge in [-0.1, -0.05) is 18.2 Å². The van der Waals surface area contributed by atoms with E-state index >= 15 is 0 Å². The maximum absolute atomic E-state index is 6.20. The molecule has 0 bridgehead atoms. The van der Waals surface area contributed by atoms with Crippen molar-refractivity contribution in [1.82, 2.24) is 9.78 Å². The molecule has 102 valence electrons. The Hall–Kier alpha value is -2.27. The highest BCUT2D eigenvalue weighted by molar-refractivity contribution is 7.14. The van der Waals surface area contributed by atoms with E-state index in [9.17, 15) is 0 Å². The lowest BCUT2D eigenvalue weighted by Crippen LogP contribution is -2.01. The quantitative estimate of drug-likeness (QED) is 0.801. The highest BCUT2D eigenvalue weighted by Gasteiger charge is 2.18. The third kappa shape index (κ3) is 1.96. The van der Waals surface area contributed by atoms with Crippen molar-refractivity contribution in [2.75, 3.05) is 12.8 Å². The first kappa shape index (κ1) is 12.7. The molecule has 0 saturated heterocycles. The number of ether oxygens (including phenoxy) is 1. The molecule has 1 aromatic carbocycles. The van der Waals surface area contributed by atoms with Gasteiger partial charge >= 0.3 is 0 Å². The maximum atomic E-state index is 6.20. The van der Waals surface area contributed by atoms with Crippen LogP contribution in [0, 0.1) is 6.92 Å². The number of hydrogen-bond donors (Lipinski definition) is 1. The van der Waals surface area contributed by atoms with Gasteiger partial charge in [-0.15, -0.1) is 11.3 Å². The Morgan fingerprint density at radius 2 is 1.95 bits per heavy atom. The summed E-state index contributed by atoms with van der Waals surface area (Å²) in [6.07, 6.45) is 0. The minimum absolute atomic E-state index is 0.654. The summed E-state index contributed by atoms with van der Waals surface area (Å²) in [5.74, 6) is 1.48. The summed E-state index contributed by atoms with van der Waals surface area (Å²) < 4.78 is 7.14. The number of rotatable bonds is 3. The van der Waals surface area contributed by atoms with Gasteiger partial charge < -0.3 is 10.5 Å². The van der Waals surface area contributed by atoms with Crippen molar-refractivity contribution >= 4 is 17.2 Å². The van der Waals surface area contributed by atoms with E-state index in [4.69, 9.17) is 10.5 Å². The summed E-state index contributed by atoms with van der Waals surface area (Å²) in [4.78, 5) is 1.01. The molecular formula is C15H15N3OS. The number of nitrogens with two attached hydrogens (primary N) is 1. The van der Waals surface area contributed by atoms with Crippen LogP contribution in [-0.2, 0) is 0 Å². The third-order valence-electron chi connectivity index (χ3n) is 3.23. The van der Waals surface area contributed by atoms with Crippen molar-refractivity contribution < 1.29 is 4.74 Å². The fourth-order valence-electron chi connectivity index (χ4n) is 2.12. The van der Waals surface area contributed by atoms with Crippen molar-refractivity contribution in [2.24, 2.45) is 0 Å². The van der Waals surface area contributed by atoms with Crippen molar-refractivity contribution in [1.29, 1.82) is 0 Å². The van der Waals surface area contributed by atoms with Gasteiger partial charge in [-0.05, 0) is 30.5 Å². The number of hydrogen-bond acceptors (Lipinski definition) is 4. The smallest absolute Gasteiger partial charge is 0.139 e. The Bertz CT molecular complexity index is 731. The number of methoxy groups -OCH3 is 1. The van der Waals surface area contributed by atoms with Gasteiger partial charge in [-0.3, -0.25) is 0 Å². The number of nitrogen functional groups attached to an aromatic ring is 1. The average molecular weight is 285 g/mol. The molecule has 2 aromatic heterocycles. The van der Waals surface area contributed by atoms with Crippen LogP contribution in [0.25, 0.3) is 16.3 Å². The number of benzene rings is 1. The van der Waals surface area contributed by atoms with E-state index in [1.54, 1.807) is 23.1 Å². The third-order valence-corrected chi connectivity index (χ3v) is 4.13. The van der Waals surface area contributed by atoms with Crippen LogP contribution in [0.15, 0.2) is 41.8 Å². The van der Waals surface area contributed by atoms with Gasteiger partial charge in [0.05, 0.1) is 17.7 Å². The molecular weight excluding hydrogens is 270 g/mol. The first-order valence-corrected chi connectivity index (χ1v) is 7.12. The molecule has 3 rings (SSSR count). The topological polar surface area (TPSA) is 53.1 Å².